The Hall–Kier alpha value is -2.57. The van der Waals surface area contributed by atoms with Gasteiger partial charge in [0.15, 0.2) is 5.75 Å². The first-order chi connectivity index (χ1) is 9.45. The van der Waals surface area contributed by atoms with Gasteiger partial charge >= 0.3 is 11.9 Å². The van der Waals surface area contributed by atoms with Crippen molar-refractivity contribution in [1.29, 1.82) is 0 Å². The van der Waals surface area contributed by atoms with Crippen LogP contribution in [0.4, 0.5) is 5.69 Å². The van der Waals surface area contributed by atoms with E-state index in [9.17, 15) is 19.5 Å². The number of phenols is 1. The lowest BCUT2D eigenvalue weighted by molar-refractivity contribution is -0.145. The van der Waals surface area contributed by atoms with Gasteiger partial charge in [-0.25, -0.2) is 4.79 Å². The minimum absolute atomic E-state index is 0.0244. The highest BCUT2D eigenvalue weighted by atomic mass is 16.5. The van der Waals surface area contributed by atoms with E-state index in [2.05, 4.69) is 4.74 Å². The molecule has 7 nitrogen and oxygen atoms in total. The third-order valence-corrected chi connectivity index (χ3v) is 3.20. The Bertz CT molecular complexity index is 582. The summed E-state index contributed by atoms with van der Waals surface area (Å²) in [4.78, 5) is 35.5. The van der Waals surface area contributed by atoms with Crippen molar-refractivity contribution in [2.24, 2.45) is 5.92 Å². The molecule has 1 fully saturated rings. The van der Waals surface area contributed by atoms with Gasteiger partial charge in [-0.2, -0.15) is 0 Å². The van der Waals surface area contributed by atoms with Crippen molar-refractivity contribution in [3.05, 3.63) is 23.8 Å². The second-order valence-corrected chi connectivity index (χ2v) is 4.41. The second-order valence-electron chi connectivity index (χ2n) is 4.41. The van der Waals surface area contributed by atoms with Gasteiger partial charge in [0.05, 0.1) is 18.7 Å². The monoisotopic (exact) mass is 279 g/mol. The van der Waals surface area contributed by atoms with E-state index in [1.54, 1.807) is 0 Å². The molecule has 1 unspecified atom stereocenters. The molecule has 1 aromatic carbocycles. The maximum Gasteiger partial charge on any atom is 0.339 e. The Labute approximate surface area is 114 Å². The summed E-state index contributed by atoms with van der Waals surface area (Å²) in [6.45, 7) is 0.0577. The summed E-state index contributed by atoms with van der Waals surface area (Å²) >= 11 is 0. The Morgan fingerprint density at radius 1 is 1.40 bits per heavy atom. The molecule has 0 radical (unpaired) electrons. The van der Waals surface area contributed by atoms with Gasteiger partial charge in [0.2, 0.25) is 5.91 Å². The highest BCUT2D eigenvalue weighted by molar-refractivity contribution is 6.02. The Kier molecular flexibility index (Phi) is 3.60. The van der Waals surface area contributed by atoms with Crippen molar-refractivity contribution in [3.8, 4) is 5.75 Å². The van der Waals surface area contributed by atoms with Gasteiger partial charge in [0, 0.05) is 13.0 Å². The lowest BCUT2D eigenvalue weighted by Gasteiger charge is -2.18. The number of methoxy groups -OCH3 is 1. The molecule has 0 aromatic heterocycles. The molecule has 1 amide bonds. The van der Waals surface area contributed by atoms with Crippen molar-refractivity contribution in [1.82, 2.24) is 0 Å². The molecule has 0 bridgehead atoms. The normalized spacial score (nSPS) is 18.1. The number of rotatable bonds is 3. The van der Waals surface area contributed by atoms with Crippen molar-refractivity contribution >= 4 is 23.5 Å². The highest BCUT2D eigenvalue weighted by Crippen LogP contribution is 2.35. The van der Waals surface area contributed by atoms with Crippen LogP contribution in [0.15, 0.2) is 18.2 Å². The molecule has 0 saturated carbocycles. The number of aromatic hydroxyl groups is 1. The molecule has 2 N–H and O–H groups in total. The topological polar surface area (TPSA) is 104 Å². The van der Waals surface area contributed by atoms with E-state index in [1.165, 1.54) is 30.2 Å². The average Bonchev–Trinajstić information content (AvgIpc) is 2.79. The molecule has 2 rings (SSSR count). The first-order valence-electron chi connectivity index (χ1n) is 5.89. The number of ether oxygens (including phenoxy) is 1. The number of para-hydroxylation sites is 1. The summed E-state index contributed by atoms with van der Waals surface area (Å²) in [5.41, 5.74) is -0.210. The molecule has 0 spiro atoms. The van der Waals surface area contributed by atoms with E-state index in [-0.39, 0.29) is 30.1 Å². The van der Waals surface area contributed by atoms with Crippen LogP contribution >= 0.6 is 0 Å². The van der Waals surface area contributed by atoms with Crippen LogP contribution in [0.2, 0.25) is 0 Å². The lowest BCUT2D eigenvalue weighted by Crippen LogP contribution is -2.26. The third-order valence-electron chi connectivity index (χ3n) is 3.20. The summed E-state index contributed by atoms with van der Waals surface area (Å²) in [5, 5.41) is 18.9. The zero-order valence-electron chi connectivity index (χ0n) is 10.7. The van der Waals surface area contributed by atoms with Gasteiger partial charge in [-0.05, 0) is 12.1 Å². The molecule has 0 aliphatic carbocycles. The van der Waals surface area contributed by atoms with Crippen LogP contribution < -0.4 is 4.90 Å². The van der Waals surface area contributed by atoms with Gasteiger partial charge < -0.3 is 19.8 Å². The number of amides is 1. The smallest absolute Gasteiger partial charge is 0.339 e. The fourth-order valence-corrected chi connectivity index (χ4v) is 2.19. The fraction of sp³-hybridized carbons (Fsp3) is 0.308. The highest BCUT2D eigenvalue weighted by Gasteiger charge is 2.37. The summed E-state index contributed by atoms with van der Waals surface area (Å²) < 4.78 is 4.58. The first kappa shape index (κ1) is 13.9. The summed E-state index contributed by atoms with van der Waals surface area (Å²) in [5.74, 6) is -3.26. The Balaban J connectivity index is 2.33. The van der Waals surface area contributed by atoms with Gasteiger partial charge in [-0.1, -0.05) is 6.07 Å². The number of hydrogen-bond donors (Lipinski definition) is 2. The van der Waals surface area contributed by atoms with Gasteiger partial charge in [0.1, 0.15) is 5.56 Å². The summed E-state index contributed by atoms with van der Waals surface area (Å²) in [7, 11) is 1.23. The number of aromatic carboxylic acids is 1. The van der Waals surface area contributed by atoms with Crippen molar-refractivity contribution < 1.29 is 29.3 Å². The molecule has 1 atom stereocenters. The van der Waals surface area contributed by atoms with Gasteiger partial charge in [0.25, 0.3) is 0 Å². The Morgan fingerprint density at radius 2 is 2.10 bits per heavy atom. The zero-order chi connectivity index (χ0) is 14.9. The maximum atomic E-state index is 11.9. The van der Waals surface area contributed by atoms with E-state index in [1.807, 2.05) is 0 Å². The van der Waals surface area contributed by atoms with Crippen LogP contribution in [0, 0.1) is 5.92 Å². The molecular weight excluding hydrogens is 266 g/mol. The zero-order valence-corrected chi connectivity index (χ0v) is 10.7. The molecular formula is C13H13NO6. The number of carbonyl (C=O) groups is 3. The van der Waals surface area contributed by atoms with Crippen LogP contribution in [0.5, 0.6) is 5.75 Å². The summed E-state index contributed by atoms with van der Waals surface area (Å²) in [6.07, 6.45) is -0.0244. The largest absolute Gasteiger partial charge is 0.505 e. The summed E-state index contributed by atoms with van der Waals surface area (Å²) in [6, 6.07) is 4.09. The van der Waals surface area contributed by atoms with Crippen LogP contribution in [0.1, 0.15) is 16.8 Å². The minimum Gasteiger partial charge on any atom is -0.505 e. The van der Waals surface area contributed by atoms with Gasteiger partial charge in [-0.3, -0.25) is 9.59 Å². The van der Waals surface area contributed by atoms with Crippen LogP contribution in [0.25, 0.3) is 0 Å². The van der Waals surface area contributed by atoms with Crippen molar-refractivity contribution in [2.75, 3.05) is 18.6 Å². The molecule has 106 valence electrons. The van der Waals surface area contributed by atoms with E-state index in [0.29, 0.717) is 0 Å². The van der Waals surface area contributed by atoms with E-state index < -0.39 is 23.6 Å². The van der Waals surface area contributed by atoms with Crippen LogP contribution in [0.3, 0.4) is 0 Å². The molecule has 20 heavy (non-hydrogen) atoms. The quantitative estimate of drug-likeness (QED) is 0.786. The molecule has 1 aliphatic heterocycles. The van der Waals surface area contributed by atoms with E-state index >= 15 is 0 Å². The standard InChI is InChI=1S/C13H13NO6/c1-20-13(19)7-5-10(15)14(6-7)9-4-2-3-8(11(9)16)12(17)18/h2-4,7,16H,5-6H2,1H3,(H,17,18). The number of carbonyl (C=O) groups excluding carboxylic acids is 2. The van der Waals surface area contributed by atoms with Crippen molar-refractivity contribution in [3.63, 3.8) is 0 Å². The number of anilines is 1. The lowest BCUT2D eigenvalue weighted by atomic mass is 10.1. The second kappa shape index (κ2) is 5.20. The van der Waals surface area contributed by atoms with Crippen LogP contribution in [-0.4, -0.2) is 41.7 Å². The number of nitrogens with zero attached hydrogens (tertiary/aromatic N) is 1. The number of carboxylic acid groups (broad SMARTS) is 1. The van der Waals surface area contributed by atoms with E-state index in [4.69, 9.17) is 5.11 Å². The SMILES string of the molecule is COC(=O)C1CC(=O)N(c2cccc(C(=O)O)c2O)C1. The predicted molar refractivity (Wildman–Crippen MR) is 67.5 cm³/mol. The predicted octanol–water partition coefficient (Wildman–Crippen LogP) is 0.616. The maximum absolute atomic E-state index is 11.9. The number of esters is 1. The minimum atomic E-state index is -1.29. The molecule has 1 aliphatic rings. The van der Waals surface area contributed by atoms with Crippen molar-refractivity contribution in [2.45, 2.75) is 6.42 Å². The Morgan fingerprint density at radius 3 is 2.70 bits per heavy atom. The van der Waals surface area contributed by atoms with Crippen LogP contribution in [-0.2, 0) is 14.3 Å². The first-order valence-corrected chi connectivity index (χ1v) is 5.89. The average molecular weight is 279 g/mol. The molecule has 1 heterocycles. The molecule has 7 heteroatoms. The van der Waals surface area contributed by atoms with Gasteiger partial charge in [-0.15, -0.1) is 0 Å². The number of benzene rings is 1. The third kappa shape index (κ3) is 2.29. The number of hydrogen-bond acceptors (Lipinski definition) is 5. The molecule has 1 saturated heterocycles. The molecule has 1 aromatic rings. The number of carboxylic acids is 1. The fourth-order valence-electron chi connectivity index (χ4n) is 2.19. The van der Waals surface area contributed by atoms with E-state index in [0.717, 1.165) is 0 Å².